The van der Waals surface area contributed by atoms with E-state index in [1.165, 1.54) is 0 Å². The van der Waals surface area contributed by atoms with Crippen molar-refractivity contribution in [3.8, 4) is 0 Å². The summed E-state index contributed by atoms with van der Waals surface area (Å²) in [6.45, 7) is 3.81. The minimum Gasteiger partial charge on any atom is -0.393 e. The zero-order chi connectivity index (χ0) is 11.4. The highest BCUT2D eigenvalue weighted by Crippen LogP contribution is 2.09. The molecular formula is C10H19N3OS. The van der Waals surface area contributed by atoms with E-state index in [0.29, 0.717) is 0 Å². The minimum absolute atomic E-state index is 0.0444. The lowest BCUT2D eigenvalue weighted by atomic mass is 10.0. The van der Waals surface area contributed by atoms with Crippen LogP contribution in [0.3, 0.4) is 0 Å². The number of likely N-dealkylation sites (tertiary alicyclic amines) is 1. The van der Waals surface area contributed by atoms with Crippen molar-refractivity contribution in [1.29, 1.82) is 0 Å². The summed E-state index contributed by atoms with van der Waals surface area (Å²) in [4.78, 5) is 14.2. The van der Waals surface area contributed by atoms with Crippen LogP contribution >= 0.6 is 12.2 Å². The molecule has 4 nitrogen and oxygen atoms in total. The highest BCUT2D eigenvalue weighted by Gasteiger charge is 2.22. The van der Waals surface area contributed by atoms with Gasteiger partial charge in [0.1, 0.15) is 0 Å². The zero-order valence-corrected chi connectivity index (χ0v) is 10.1. The van der Waals surface area contributed by atoms with Crippen molar-refractivity contribution in [1.82, 2.24) is 10.2 Å². The molecular weight excluding hydrogens is 210 g/mol. The Morgan fingerprint density at radius 1 is 1.53 bits per heavy atom. The molecule has 0 aromatic rings. The van der Waals surface area contributed by atoms with Gasteiger partial charge in [-0.1, -0.05) is 12.2 Å². The number of piperidine rings is 1. The SMILES string of the molecule is CC(C(=O)NC1CCN(C)CC1)C(N)=S. The van der Waals surface area contributed by atoms with Crippen LogP contribution in [0.15, 0.2) is 0 Å². The summed E-state index contributed by atoms with van der Waals surface area (Å²) in [7, 11) is 2.09. The van der Waals surface area contributed by atoms with Crippen molar-refractivity contribution in [3.63, 3.8) is 0 Å². The van der Waals surface area contributed by atoms with Gasteiger partial charge in [0.15, 0.2) is 0 Å². The van der Waals surface area contributed by atoms with E-state index in [9.17, 15) is 4.79 Å². The first kappa shape index (κ1) is 12.4. The van der Waals surface area contributed by atoms with Crippen LogP contribution in [-0.4, -0.2) is 42.0 Å². The molecule has 5 heteroatoms. The van der Waals surface area contributed by atoms with Crippen molar-refractivity contribution < 1.29 is 4.79 Å². The molecule has 0 spiro atoms. The summed E-state index contributed by atoms with van der Waals surface area (Å²) in [5, 5.41) is 2.99. The lowest BCUT2D eigenvalue weighted by Crippen LogP contribution is -2.46. The average molecular weight is 229 g/mol. The summed E-state index contributed by atoms with van der Waals surface area (Å²) in [6, 6.07) is 0.283. The zero-order valence-electron chi connectivity index (χ0n) is 9.32. The van der Waals surface area contributed by atoms with E-state index in [0.717, 1.165) is 25.9 Å². The van der Waals surface area contributed by atoms with Gasteiger partial charge in [0.05, 0.1) is 10.9 Å². The topological polar surface area (TPSA) is 58.4 Å². The van der Waals surface area contributed by atoms with E-state index in [4.69, 9.17) is 18.0 Å². The third-order valence-corrected chi connectivity index (χ3v) is 3.24. The third kappa shape index (κ3) is 3.76. The maximum atomic E-state index is 11.6. The van der Waals surface area contributed by atoms with E-state index in [1.807, 2.05) is 0 Å². The van der Waals surface area contributed by atoms with Crippen LogP contribution in [0.1, 0.15) is 19.8 Å². The first-order valence-electron chi connectivity index (χ1n) is 5.29. The molecule has 1 heterocycles. The van der Waals surface area contributed by atoms with Crippen LogP contribution in [0, 0.1) is 5.92 Å². The lowest BCUT2D eigenvalue weighted by molar-refractivity contribution is -0.123. The van der Waals surface area contributed by atoms with Crippen molar-refractivity contribution in [3.05, 3.63) is 0 Å². The molecule has 0 aromatic heterocycles. The van der Waals surface area contributed by atoms with Gasteiger partial charge < -0.3 is 16.0 Å². The second-order valence-corrected chi connectivity index (χ2v) is 4.68. The number of nitrogens with zero attached hydrogens (tertiary/aromatic N) is 1. The Kier molecular flexibility index (Phi) is 4.47. The van der Waals surface area contributed by atoms with Crippen molar-refractivity contribution in [2.45, 2.75) is 25.8 Å². The molecule has 15 heavy (non-hydrogen) atoms. The van der Waals surface area contributed by atoms with Crippen molar-refractivity contribution >= 4 is 23.1 Å². The number of nitrogens with one attached hydrogen (secondary N) is 1. The predicted molar refractivity (Wildman–Crippen MR) is 64.6 cm³/mol. The molecule has 0 bridgehead atoms. The van der Waals surface area contributed by atoms with E-state index in [1.54, 1.807) is 6.92 Å². The van der Waals surface area contributed by atoms with Crippen LogP contribution in [-0.2, 0) is 4.79 Å². The molecule has 0 saturated carbocycles. The maximum Gasteiger partial charge on any atom is 0.229 e. The van der Waals surface area contributed by atoms with Gasteiger partial charge in [0.2, 0.25) is 5.91 Å². The first-order valence-corrected chi connectivity index (χ1v) is 5.69. The van der Waals surface area contributed by atoms with Crippen molar-refractivity contribution in [2.75, 3.05) is 20.1 Å². The number of hydrogen-bond acceptors (Lipinski definition) is 3. The number of rotatable bonds is 3. The summed E-state index contributed by atoms with van der Waals surface area (Å²) >= 11 is 4.79. The lowest BCUT2D eigenvalue weighted by Gasteiger charge is -2.30. The molecule has 1 fully saturated rings. The Morgan fingerprint density at radius 2 is 2.07 bits per heavy atom. The van der Waals surface area contributed by atoms with Crippen LogP contribution in [0.5, 0.6) is 0 Å². The summed E-state index contributed by atoms with van der Waals surface area (Å²) in [5.41, 5.74) is 5.43. The highest BCUT2D eigenvalue weighted by molar-refractivity contribution is 7.80. The smallest absolute Gasteiger partial charge is 0.229 e. The maximum absolute atomic E-state index is 11.6. The molecule has 1 saturated heterocycles. The Balaban J connectivity index is 2.35. The highest BCUT2D eigenvalue weighted by atomic mass is 32.1. The fraction of sp³-hybridized carbons (Fsp3) is 0.800. The van der Waals surface area contributed by atoms with E-state index >= 15 is 0 Å². The van der Waals surface area contributed by atoms with E-state index in [-0.39, 0.29) is 22.9 Å². The largest absolute Gasteiger partial charge is 0.393 e. The molecule has 0 radical (unpaired) electrons. The quantitative estimate of drug-likeness (QED) is 0.675. The van der Waals surface area contributed by atoms with Gasteiger partial charge in [-0.15, -0.1) is 0 Å². The van der Waals surface area contributed by atoms with Gasteiger partial charge in [-0.25, -0.2) is 0 Å². The summed E-state index contributed by atoms with van der Waals surface area (Å²) in [6.07, 6.45) is 2.01. The summed E-state index contributed by atoms with van der Waals surface area (Å²) in [5.74, 6) is -0.406. The minimum atomic E-state index is -0.361. The Labute approximate surface area is 96.2 Å². The third-order valence-electron chi connectivity index (χ3n) is 2.89. The molecule has 1 aliphatic heterocycles. The first-order chi connectivity index (χ1) is 7.00. The van der Waals surface area contributed by atoms with Gasteiger partial charge >= 0.3 is 0 Å². The number of amides is 1. The second kappa shape index (κ2) is 5.42. The molecule has 1 aliphatic rings. The normalized spacial score (nSPS) is 20.9. The molecule has 1 unspecified atom stereocenters. The van der Waals surface area contributed by atoms with Crippen LogP contribution in [0.25, 0.3) is 0 Å². The van der Waals surface area contributed by atoms with Crippen LogP contribution < -0.4 is 11.1 Å². The number of thiocarbonyl (C=S) groups is 1. The fourth-order valence-electron chi connectivity index (χ4n) is 1.61. The van der Waals surface area contributed by atoms with Gasteiger partial charge in [-0.2, -0.15) is 0 Å². The van der Waals surface area contributed by atoms with E-state index in [2.05, 4.69) is 17.3 Å². The molecule has 1 amide bonds. The number of carbonyl (C=O) groups is 1. The predicted octanol–water partition coefficient (Wildman–Crippen LogP) is 0.119. The molecule has 0 aliphatic carbocycles. The number of hydrogen-bond donors (Lipinski definition) is 2. The number of carbonyl (C=O) groups excluding carboxylic acids is 1. The molecule has 1 rings (SSSR count). The van der Waals surface area contributed by atoms with Crippen molar-refractivity contribution in [2.24, 2.45) is 11.7 Å². The van der Waals surface area contributed by atoms with Crippen LogP contribution in [0.4, 0.5) is 0 Å². The monoisotopic (exact) mass is 229 g/mol. The molecule has 3 N–H and O–H groups in total. The fourth-order valence-corrected chi connectivity index (χ4v) is 1.72. The van der Waals surface area contributed by atoms with Crippen LogP contribution in [0.2, 0.25) is 0 Å². The molecule has 86 valence electrons. The summed E-state index contributed by atoms with van der Waals surface area (Å²) < 4.78 is 0. The Morgan fingerprint density at radius 3 is 2.53 bits per heavy atom. The standard InChI is InChI=1S/C10H19N3OS/c1-7(9(11)15)10(14)12-8-3-5-13(2)6-4-8/h7-8H,3-6H2,1-2H3,(H2,11,15)(H,12,14). The Bertz CT molecular complexity index is 249. The second-order valence-electron chi connectivity index (χ2n) is 4.21. The van der Waals surface area contributed by atoms with Gasteiger partial charge in [-0.05, 0) is 39.9 Å². The van der Waals surface area contributed by atoms with Gasteiger partial charge in [-0.3, -0.25) is 4.79 Å². The molecule has 1 atom stereocenters. The molecule has 0 aromatic carbocycles. The van der Waals surface area contributed by atoms with Gasteiger partial charge in [0, 0.05) is 6.04 Å². The Hall–Kier alpha value is -0.680. The number of nitrogens with two attached hydrogens (primary N) is 1. The van der Waals surface area contributed by atoms with Gasteiger partial charge in [0.25, 0.3) is 0 Å². The van der Waals surface area contributed by atoms with E-state index < -0.39 is 0 Å². The average Bonchev–Trinajstić information content (AvgIpc) is 2.20.